The molecule has 3 N–H and O–H groups in total. The van der Waals surface area contributed by atoms with Gasteiger partial charge in [-0.25, -0.2) is 17.9 Å². The molecule has 0 spiro atoms. The summed E-state index contributed by atoms with van der Waals surface area (Å²) in [5.41, 5.74) is 4.36. The van der Waals surface area contributed by atoms with Crippen molar-refractivity contribution in [3.05, 3.63) is 63.6 Å². The summed E-state index contributed by atoms with van der Waals surface area (Å²) >= 11 is 0. The number of aromatic amines is 2. The standard InChI is InChI=1S/C19H21N3O3S/c1-12(14-7-6-13-4-2-3-5-15(13)10-14)22-26(24,25)16-8-9-17-18(11-16)21-19(23)20-17/h6-12,22H,2-5H2,1H3,(H2,20,21,23)/t12-/m0/s1. The third-order valence-corrected chi connectivity index (χ3v) is 6.54. The Kier molecular flexibility index (Phi) is 4.20. The molecule has 26 heavy (non-hydrogen) atoms. The predicted molar refractivity (Wildman–Crippen MR) is 101 cm³/mol. The van der Waals surface area contributed by atoms with Crippen LogP contribution < -0.4 is 10.4 Å². The monoisotopic (exact) mass is 371 g/mol. The van der Waals surface area contributed by atoms with Crippen molar-refractivity contribution in [1.82, 2.24) is 14.7 Å². The molecular formula is C19H21N3O3S. The van der Waals surface area contributed by atoms with Crippen LogP contribution in [-0.2, 0) is 22.9 Å². The van der Waals surface area contributed by atoms with Gasteiger partial charge in [0, 0.05) is 6.04 Å². The number of rotatable bonds is 4. The summed E-state index contributed by atoms with van der Waals surface area (Å²) in [6.07, 6.45) is 4.56. The number of aryl methyl sites for hydroxylation is 2. The zero-order chi connectivity index (χ0) is 18.3. The number of benzene rings is 2. The normalized spacial score (nSPS) is 15.7. The predicted octanol–water partition coefficient (Wildman–Crippen LogP) is 2.77. The first-order chi connectivity index (χ1) is 12.4. The number of fused-ring (bicyclic) bond motifs is 2. The lowest BCUT2D eigenvalue weighted by Gasteiger charge is -2.20. The highest BCUT2D eigenvalue weighted by atomic mass is 32.2. The van der Waals surface area contributed by atoms with Gasteiger partial charge in [0.05, 0.1) is 15.9 Å². The van der Waals surface area contributed by atoms with Crippen LogP contribution in [-0.4, -0.2) is 18.4 Å². The third-order valence-electron chi connectivity index (χ3n) is 5.00. The van der Waals surface area contributed by atoms with Gasteiger partial charge in [-0.3, -0.25) is 0 Å². The minimum Gasteiger partial charge on any atom is -0.306 e. The number of aromatic nitrogens is 2. The maximum absolute atomic E-state index is 12.7. The number of nitrogens with one attached hydrogen (secondary N) is 3. The van der Waals surface area contributed by atoms with E-state index in [0.717, 1.165) is 18.4 Å². The van der Waals surface area contributed by atoms with Crippen LogP contribution in [0.5, 0.6) is 0 Å². The zero-order valence-corrected chi connectivity index (χ0v) is 15.3. The number of hydrogen-bond acceptors (Lipinski definition) is 3. The van der Waals surface area contributed by atoms with Crippen molar-refractivity contribution in [2.45, 2.75) is 43.5 Å². The Bertz CT molecular complexity index is 1130. The number of hydrogen-bond donors (Lipinski definition) is 3. The lowest BCUT2D eigenvalue weighted by Crippen LogP contribution is -2.27. The molecule has 0 bridgehead atoms. The minimum atomic E-state index is -3.70. The average molecular weight is 371 g/mol. The highest BCUT2D eigenvalue weighted by Gasteiger charge is 2.20. The van der Waals surface area contributed by atoms with Crippen LogP contribution in [0.2, 0.25) is 0 Å². The molecular weight excluding hydrogens is 350 g/mol. The second-order valence-electron chi connectivity index (χ2n) is 6.86. The highest BCUT2D eigenvalue weighted by molar-refractivity contribution is 7.89. The summed E-state index contributed by atoms with van der Waals surface area (Å²) in [7, 11) is -3.70. The molecule has 1 heterocycles. The van der Waals surface area contributed by atoms with Gasteiger partial charge in [-0.15, -0.1) is 0 Å². The van der Waals surface area contributed by atoms with Crippen LogP contribution in [0.1, 0.15) is 42.5 Å². The van der Waals surface area contributed by atoms with E-state index < -0.39 is 10.0 Å². The average Bonchev–Trinajstić information content (AvgIpc) is 3.00. The van der Waals surface area contributed by atoms with Crippen molar-refractivity contribution >= 4 is 21.1 Å². The first kappa shape index (κ1) is 17.1. The lowest BCUT2D eigenvalue weighted by molar-refractivity contribution is 0.566. The smallest absolute Gasteiger partial charge is 0.306 e. The number of H-pyrrole nitrogens is 2. The van der Waals surface area contributed by atoms with Crippen molar-refractivity contribution in [1.29, 1.82) is 0 Å². The molecule has 0 saturated carbocycles. The van der Waals surface area contributed by atoms with Crippen molar-refractivity contribution in [3.8, 4) is 0 Å². The van der Waals surface area contributed by atoms with Gasteiger partial charge in [0.15, 0.2) is 0 Å². The van der Waals surface area contributed by atoms with Crippen molar-refractivity contribution in [3.63, 3.8) is 0 Å². The Morgan fingerprint density at radius 3 is 2.50 bits per heavy atom. The van der Waals surface area contributed by atoms with Gasteiger partial charge in [-0.1, -0.05) is 18.2 Å². The molecule has 2 aromatic carbocycles. The van der Waals surface area contributed by atoms with Crippen LogP contribution in [0, 0.1) is 0 Å². The van der Waals surface area contributed by atoms with Gasteiger partial charge in [-0.2, -0.15) is 0 Å². The van der Waals surface area contributed by atoms with Gasteiger partial charge in [0.1, 0.15) is 0 Å². The van der Waals surface area contributed by atoms with E-state index in [2.05, 4.69) is 26.8 Å². The summed E-state index contributed by atoms with van der Waals surface area (Å²) in [5, 5.41) is 0. The Hall–Kier alpha value is -2.38. The van der Waals surface area contributed by atoms with Crippen molar-refractivity contribution in [2.75, 3.05) is 0 Å². The molecule has 1 aliphatic carbocycles. The fraction of sp³-hybridized carbons (Fsp3) is 0.316. The number of imidazole rings is 1. The van der Waals surface area contributed by atoms with E-state index in [1.54, 1.807) is 6.07 Å². The maximum atomic E-state index is 12.7. The SMILES string of the molecule is C[C@H](NS(=O)(=O)c1ccc2[nH]c(=O)[nH]c2c1)c1ccc2c(c1)CCCC2. The molecule has 1 aromatic heterocycles. The molecule has 4 rings (SSSR count). The van der Waals surface area contributed by atoms with E-state index in [9.17, 15) is 13.2 Å². The minimum absolute atomic E-state index is 0.130. The summed E-state index contributed by atoms with van der Waals surface area (Å²) < 4.78 is 28.2. The summed E-state index contributed by atoms with van der Waals surface area (Å²) in [5.74, 6) is 0. The van der Waals surface area contributed by atoms with Gasteiger partial charge in [-0.05, 0) is 67.5 Å². The van der Waals surface area contributed by atoms with Gasteiger partial charge in [0.25, 0.3) is 0 Å². The van der Waals surface area contributed by atoms with Crippen LogP contribution in [0.25, 0.3) is 11.0 Å². The molecule has 0 radical (unpaired) electrons. The third kappa shape index (κ3) is 3.20. The molecule has 3 aromatic rings. The topological polar surface area (TPSA) is 94.8 Å². The van der Waals surface area contributed by atoms with Crippen LogP contribution in [0.3, 0.4) is 0 Å². The molecule has 0 amide bonds. The van der Waals surface area contributed by atoms with Crippen LogP contribution >= 0.6 is 0 Å². The molecule has 0 fully saturated rings. The molecule has 1 aliphatic rings. The fourth-order valence-corrected chi connectivity index (χ4v) is 4.83. The summed E-state index contributed by atoms with van der Waals surface area (Å²) in [6, 6.07) is 10.5. The van der Waals surface area contributed by atoms with Gasteiger partial charge in [0.2, 0.25) is 10.0 Å². The molecule has 0 aliphatic heterocycles. The quantitative estimate of drug-likeness (QED) is 0.658. The van der Waals surface area contributed by atoms with E-state index in [1.165, 1.54) is 36.1 Å². The van der Waals surface area contributed by atoms with Crippen LogP contribution in [0.4, 0.5) is 0 Å². The van der Waals surface area contributed by atoms with Crippen molar-refractivity contribution < 1.29 is 8.42 Å². The van der Waals surface area contributed by atoms with Gasteiger partial charge >= 0.3 is 5.69 Å². The summed E-state index contributed by atoms with van der Waals surface area (Å²) in [4.78, 5) is 16.7. The largest absolute Gasteiger partial charge is 0.323 e. The molecule has 7 heteroatoms. The Balaban J connectivity index is 1.60. The number of sulfonamides is 1. The summed E-state index contributed by atoms with van der Waals surface area (Å²) in [6.45, 7) is 1.85. The second kappa shape index (κ2) is 6.41. The van der Waals surface area contributed by atoms with E-state index >= 15 is 0 Å². The first-order valence-electron chi connectivity index (χ1n) is 8.78. The van der Waals surface area contributed by atoms with E-state index in [0.29, 0.717) is 11.0 Å². The maximum Gasteiger partial charge on any atom is 0.323 e. The van der Waals surface area contributed by atoms with E-state index in [4.69, 9.17) is 0 Å². The molecule has 6 nitrogen and oxygen atoms in total. The molecule has 136 valence electrons. The van der Waals surface area contributed by atoms with E-state index in [-0.39, 0.29) is 16.6 Å². The zero-order valence-electron chi connectivity index (χ0n) is 14.5. The van der Waals surface area contributed by atoms with E-state index in [1.807, 2.05) is 13.0 Å². The highest BCUT2D eigenvalue weighted by Crippen LogP contribution is 2.26. The lowest BCUT2D eigenvalue weighted by atomic mass is 9.89. The second-order valence-corrected chi connectivity index (χ2v) is 8.58. The Morgan fingerprint density at radius 2 is 1.69 bits per heavy atom. The van der Waals surface area contributed by atoms with Crippen LogP contribution in [0.15, 0.2) is 46.1 Å². The Morgan fingerprint density at radius 1 is 0.962 bits per heavy atom. The Labute approximate surface area is 151 Å². The fourth-order valence-electron chi connectivity index (χ4n) is 3.57. The molecule has 1 atom stereocenters. The van der Waals surface area contributed by atoms with Crippen molar-refractivity contribution in [2.24, 2.45) is 0 Å². The molecule has 0 saturated heterocycles. The molecule has 0 unspecified atom stereocenters. The first-order valence-corrected chi connectivity index (χ1v) is 10.3. The van der Waals surface area contributed by atoms with Gasteiger partial charge < -0.3 is 9.97 Å².